The molecule has 7 nitrogen and oxygen atoms in total. The van der Waals surface area contributed by atoms with Crippen molar-refractivity contribution in [3.63, 3.8) is 0 Å². The van der Waals surface area contributed by atoms with Gasteiger partial charge in [0.25, 0.3) is 0 Å². The molecule has 7 heteroatoms. The number of hydrogen-bond acceptors (Lipinski definition) is 4. The van der Waals surface area contributed by atoms with E-state index in [1.807, 2.05) is 6.92 Å². The Kier molecular flexibility index (Phi) is 12.8. The first-order valence-corrected chi connectivity index (χ1v) is 7.54. The third-order valence-electron chi connectivity index (χ3n) is 2.78. The number of likely N-dealkylation sites (N-methyl/N-ethyl adjacent to an activating group) is 1. The van der Waals surface area contributed by atoms with Crippen LogP contribution in [0, 0.1) is 0 Å². The van der Waals surface area contributed by atoms with Crippen LogP contribution in [0.1, 0.15) is 20.3 Å². The number of carbonyl (C=O) groups is 1. The number of nitrogens with zero attached hydrogens (tertiary/aromatic N) is 2. The van der Waals surface area contributed by atoms with E-state index in [2.05, 4.69) is 32.9 Å². The zero-order valence-corrected chi connectivity index (χ0v) is 13.9. The van der Waals surface area contributed by atoms with Crippen molar-refractivity contribution in [2.45, 2.75) is 20.3 Å². The second-order valence-electron chi connectivity index (χ2n) is 4.82. The lowest BCUT2D eigenvalue weighted by atomic mass is 10.4. The molecule has 0 heterocycles. The van der Waals surface area contributed by atoms with Crippen molar-refractivity contribution in [2.75, 3.05) is 60.0 Å². The number of hydrogen-bond donors (Lipinski definition) is 3. The minimum absolute atomic E-state index is 0.0172. The number of methoxy groups -OCH3 is 1. The highest BCUT2D eigenvalue weighted by molar-refractivity contribution is 5.79. The predicted molar refractivity (Wildman–Crippen MR) is 86.7 cm³/mol. The van der Waals surface area contributed by atoms with Gasteiger partial charge in [-0.25, -0.2) is 0 Å². The van der Waals surface area contributed by atoms with Crippen molar-refractivity contribution in [1.82, 2.24) is 20.9 Å². The van der Waals surface area contributed by atoms with Crippen molar-refractivity contribution in [1.29, 1.82) is 0 Å². The molecule has 0 aliphatic heterocycles. The SMILES string of the molecule is CCNC(=NCCN(C)CCCOC)NCCNC(C)=O. The van der Waals surface area contributed by atoms with Crippen LogP contribution in [-0.2, 0) is 9.53 Å². The lowest BCUT2D eigenvalue weighted by Gasteiger charge is -2.16. The van der Waals surface area contributed by atoms with Gasteiger partial charge < -0.3 is 25.6 Å². The minimum Gasteiger partial charge on any atom is -0.385 e. The molecule has 124 valence electrons. The highest BCUT2D eigenvalue weighted by Gasteiger charge is 1.99. The first-order valence-electron chi connectivity index (χ1n) is 7.54. The summed E-state index contributed by atoms with van der Waals surface area (Å²) >= 11 is 0. The van der Waals surface area contributed by atoms with E-state index < -0.39 is 0 Å². The molecule has 3 N–H and O–H groups in total. The van der Waals surface area contributed by atoms with Gasteiger partial charge in [-0.2, -0.15) is 0 Å². The summed E-state index contributed by atoms with van der Waals surface area (Å²) in [5.74, 6) is 0.768. The van der Waals surface area contributed by atoms with E-state index in [0.29, 0.717) is 13.1 Å². The first-order chi connectivity index (χ1) is 10.1. The summed E-state index contributed by atoms with van der Waals surface area (Å²) in [6.45, 7) is 9.06. The number of amides is 1. The molecule has 0 rings (SSSR count). The van der Waals surface area contributed by atoms with Gasteiger partial charge in [-0.3, -0.25) is 9.79 Å². The zero-order chi connectivity index (χ0) is 15.9. The maximum absolute atomic E-state index is 10.8. The van der Waals surface area contributed by atoms with Gasteiger partial charge in [0.2, 0.25) is 5.91 Å². The van der Waals surface area contributed by atoms with Crippen LogP contribution in [0.5, 0.6) is 0 Å². The highest BCUT2D eigenvalue weighted by atomic mass is 16.5. The molecule has 21 heavy (non-hydrogen) atoms. The molecule has 0 atom stereocenters. The summed E-state index contributed by atoms with van der Waals surface area (Å²) in [5.41, 5.74) is 0. The van der Waals surface area contributed by atoms with Crippen molar-refractivity contribution in [3.8, 4) is 0 Å². The molecular formula is C14H31N5O2. The van der Waals surface area contributed by atoms with E-state index >= 15 is 0 Å². The van der Waals surface area contributed by atoms with Crippen molar-refractivity contribution < 1.29 is 9.53 Å². The summed E-state index contributed by atoms with van der Waals surface area (Å²) in [5, 5.41) is 9.11. The standard InChI is InChI=1S/C14H31N5O2/c1-5-15-14(17-8-7-16-13(2)20)18-9-11-19(3)10-6-12-21-4/h5-12H2,1-4H3,(H,16,20)(H2,15,17,18). The van der Waals surface area contributed by atoms with E-state index in [1.54, 1.807) is 7.11 Å². The molecule has 0 saturated carbocycles. The van der Waals surface area contributed by atoms with Crippen LogP contribution in [0.15, 0.2) is 4.99 Å². The van der Waals surface area contributed by atoms with Crippen LogP contribution < -0.4 is 16.0 Å². The van der Waals surface area contributed by atoms with Crippen LogP contribution in [0.25, 0.3) is 0 Å². The Hall–Kier alpha value is -1.34. The fraction of sp³-hybridized carbons (Fsp3) is 0.857. The fourth-order valence-electron chi connectivity index (χ4n) is 1.68. The second kappa shape index (κ2) is 13.6. The molecule has 1 amide bonds. The van der Waals surface area contributed by atoms with Gasteiger partial charge >= 0.3 is 0 Å². The van der Waals surface area contributed by atoms with Gasteiger partial charge in [0, 0.05) is 53.4 Å². The van der Waals surface area contributed by atoms with Crippen LogP contribution in [0.3, 0.4) is 0 Å². The van der Waals surface area contributed by atoms with Crippen molar-refractivity contribution in [2.24, 2.45) is 4.99 Å². The number of carbonyl (C=O) groups excluding carboxylic acids is 1. The number of nitrogens with one attached hydrogen (secondary N) is 3. The van der Waals surface area contributed by atoms with E-state index in [-0.39, 0.29) is 5.91 Å². The maximum atomic E-state index is 10.8. The molecule has 0 bridgehead atoms. The molecular weight excluding hydrogens is 270 g/mol. The Morgan fingerprint density at radius 2 is 1.90 bits per heavy atom. The summed E-state index contributed by atoms with van der Waals surface area (Å²) < 4.78 is 5.03. The maximum Gasteiger partial charge on any atom is 0.216 e. The lowest BCUT2D eigenvalue weighted by molar-refractivity contribution is -0.118. The molecule has 0 aliphatic rings. The summed E-state index contributed by atoms with van der Waals surface area (Å²) in [6, 6.07) is 0. The molecule has 0 spiro atoms. The highest BCUT2D eigenvalue weighted by Crippen LogP contribution is 1.88. The fourth-order valence-corrected chi connectivity index (χ4v) is 1.68. The Labute approximate surface area is 128 Å². The topological polar surface area (TPSA) is 78.0 Å². The summed E-state index contributed by atoms with van der Waals surface area (Å²) in [7, 11) is 3.81. The smallest absolute Gasteiger partial charge is 0.216 e. The average molecular weight is 301 g/mol. The Morgan fingerprint density at radius 3 is 2.52 bits per heavy atom. The van der Waals surface area contributed by atoms with Crippen molar-refractivity contribution in [3.05, 3.63) is 0 Å². The lowest BCUT2D eigenvalue weighted by Crippen LogP contribution is -2.41. The molecule has 0 aromatic carbocycles. The molecule has 0 aromatic rings. The largest absolute Gasteiger partial charge is 0.385 e. The molecule has 0 saturated heterocycles. The average Bonchev–Trinajstić information content (AvgIpc) is 2.43. The number of ether oxygens (including phenoxy) is 1. The van der Waals surface area contributed by atoms with Crippen LogP contribution in [0.4, 0.5) is 0 Å². The summed E-state index contributed by atoms with van der Waals surface area (Å²) in [4.78, 5) is 17.5. The number of rotatable bonds is 11. The van der Waals surface area contributed by atoms with Crippen molar-refractivity contribution >= 4 is 11.9 Å². The van der Waals surface area contributed by atoms with E-state index in [4.69, 9.17) is 4.74 Å². The first kappa shape index (κ1) is 19.7. The van der Waals surface area contributed by atoms with E-state index in [0.717, 1.165) is 45.2 Å². The predicted octanol–water partition coefficient (Wildman–Crippen LogP) is -0.354. The molecule has 0 aliphatic carbocycles. The Morgan fingerprint density at radius 1 is 1.19 bits per heavy atom. The van der Waals surface area contributed by atoms with Gasteiger partial charge in [-0.05, 0) is 20.4 Å². The van der Waals surface area contributed by atoms with Gasteiger partial charge in [-0.15, -0.1) is 0 Å². The Balaban J connectivity index is 3.89. The number of guanidine groups is 1. The van der Waals surface area contributed by atoms with Gasteiger partial charge in [-0.1, -0.05) is 0 Å². The summed E-state index contributed by atoms with van der Waals surface area (Å²) in [6.07, 6.45) is 1.03. The third-order valence-corrected chi connectivity index (χ3v) is 2.78. The van der Waals surface area contributed by atoms with Crippen LogP contribution in [0.2, 0.25) is 0 Å². The quantitative estimate of drug-likeness (QED) is 0.276. The monoisotopic (exact) mass is 301 g/mol. The molecule has 0 unspecified atom stereocenters. The van der Waals surface area contributed by atoms with Crippen LogP contribution in [-0.4, -0.2) is 76.8 Å². The number of aliphatic imine (C=N–C) groups is 1. The molecule has 0 radical (unpaired) electrons. The van der Waals surface area contributed by atoms with Gasteiger partial charge in [0.05, 0.1) is 6.54 Å². The Bertz CT molecular complexity index is 297. The van der Waals surface area contributed by atoms with E-state index in [9.17, 15) is 4.79 Å². The second-order valence-corrected chi connectivity index (χ2v) is 4.82. The zero-order valence-electron chi connectivity index (χ0n) is 13.9. The van der Waals surface area contributed by atoms with E-state index in [1.165, 1.54) is 6.92 Å². The molecule has 0 fully saturated rings. The van der Waals surface area contributed by atoms with Gasteiger partial charge in [0.1, 0.15) is 0 Å². The van der Waals surface area contributed by atoms with Crippen LogP contribution >= 0.6 is 0 Å². The van der Waals surface area contributed by atoms with Gasteiger partial charge in [0.15, 0.2) is 5.96 Å². The molecule has 0 aromatic heterocycles. The third kappa shape index (κ3) is 13.4. The normalized spacial score (nSPS) is 11.6. The minimum atomic E-state index is -0.0172.